The lowest BCUT2D eigenvalue weighted by atomic mass is 10.1. The van der Waals surface area contributed by atoms with Gasteiger partial charge in [0.15, 0.2) is 0 Å². The summed E-state index contributed by atoms with van der Waals surface area (Å²) in [5.74, 6) is 0.377. The van der Waals surface area contributed by atoms with Crippen molar-refractivity contribution in [1.29, 1.82) is 0 Å². The Balaban J connectivity index is 1.88. The molecule has 4 rings (SSSR count). The lowest BCUT2D eigenvalue weighted by Gasteiger charge is -2.24. The second-order valence-electron chi connectivity index (χ2n) is 5.53. The van der Waals surface area contributed by atoms with Gasteiger partial charge in [-0.05, 0) is 12.8 Å². The quantitative estimate of drug-likeness (QED) is 0.795. The third kappa shape index (κ3) is 2.30. The van der Waals surface area contributed by atoms with E-state index < -0.39 is 12.0 Å². The van der Waals surface area contributed by atoms with Crippen molar-refractivity contribution in [2.75, 3.05) is 11.4 Å². The highest BCUT2D eigenvalue weighted by atomic mass is 16.4. The van der Waals surface area contributed by atoms with E-state index in [1.807, 2.05) is 41.3 Å². The number of rotatable bonds is 3. The average molecular weight is 309 g/mol. The Hall–Kier alpha value is -2.96. The van der Waals surface area contributed by atoms with Gasteiger partial charge in [0.25, 0.3) is 5.78 Å². The second kappa shape index (κ2) is 5.35. The lowest BCUT2D eigenvalue weighted by molar-refractivity contribution is -0.138. The molecule has 1 saturated heterocycles. The van der Waals surface area contributed by atoms with Crippen LogP contribution in [0.1, 0.15) is 12.8 Å². The highest BCUT2D eigenvalue weighted by Gasteiger charge is 2.32. The molecule has 7 heteroatoms. The molecule has 0 amide bonds. The van der Waals surface area contributed by atoms with Gasteiger partial charge in [0.1, 0.15) is 18.2 Å². The highest BCUT2D eigenvalue weighted by molar-refractivity contribution is 5.79. The molecule has 1 atom stereocenters. The second-order valence-corrected chi connectivity index (χ2v) is 5.53. The average Bonchev–Trinajstić information content (AvgIpc) is 3.23. The molecule has 0 bridgehead atoms. The first kappa shape index (κ1) is 13.7. The smallest absolute Gasteiger partial charge is 0.326 e. The number of hydrogen-bond acceptors (Lipinski definition) is 5. The standard InChI is InChI=1S/C16H15N5O2/c22-15(23)13-7-4-8-20(13)14-9-12(11-5-2-1-3-6-11)19-16-17-10-18-21(14)16/h1-3,5-6,9-10,13H,4,7-8H2,(H,22,23)/t13-/m1/s1. The number of aliphatic carboxylic acids is 1. The molecule has 1 aliphatic rings. The summed E-state index contributed by atoms with van der Waals surface area (Å²) in [6.07, 6.45) is 2.91. The molecule has 1 aliphatic heterocycles. The zero-order valence-electron chi connectivity index (χ0n) is 12.3. The van der Waals surface area contributed by atoms with Crippen LogP contribution in [0.3, 0.4) is 0 Å². The number of fused-ring (bicyclic) bond motifs is 1. The Kier molecular flexibility index (Phi) is 3.18. The van der Waals surface area contributed by atoms with Gasteiger partial charge in [0.05, 0.1) is 5.69 Å². The maximum absolute atomic E-state index is 11.5. The molecule has 3 aromatic rings. The number of anilines is 1. The van der Waals surface area contributed by atoms with Gasteiger partial charge < -0.3 is 10.0 Å². The highest BCUT2D eigenvalue weighted by Crippen LogP contribution is 2.29. The van der Waals surface area contributed by atoms with E-state index >= 15 is 0 Å². The molecule has 0 spiro atoms. The Morgan fingerprint density at radius 3 is 2.87 bits per heavy atom. The van der Waals surface area contributed by atoms with Crippen LogP contribution in [0.5, 0.6) is 0 Å². The van der Waals surface area contributed by atoms with Gasteiger partial charge in [0, 0.05) is 18.2 Å². The molecule has 0 radical (unpaired) electrons. The zero-order chi connectivity index (χ0) is 15.8. The van der Waals surface area contributed by atoms with Crippen LogP contribution in [-0.2, 0) is 4.79 Å². The number of carboxylic acids is 1. The Morgan fingerprint density at radius 2 is 2.09 bits per heavy atom. The van der Waals surface area contributed by atoms with Gasteiger partial charge in [-0.15, -0.1) is 0 Å². The summed E-state index contributed by atoms with van der Waals surface area (Å²) < 4.78 is 1.60. The third-order valence-electron chi connectivity index (χ3n) is 4.13. The Bertz CT molecular complexity index is 861. The van der Waals surface area contributed by atoms with E-state index in [0.717, 1.165) is 23.5 Å². The zero-order valence-corrected chi connectivity index (χ0v) is 12.3. The van der Waals surface area contributed by atoms with Crippen molar-refractivity contribution in [2.24, 2.45) is 0 Å². The number of carboxylic acid groups (broad SMARTS) is 1. The minimum atomic E-state index is -0.811. The maximum Gasteiger partial charge on any atom is 0.326 e. The number of hydrogen-bond donors (Lipinski definition) is 1. The van der Waals surface area contributed by atoms with E-state index in [0.29, 0.717) is 18.7 Å². The molecule has 0 unspecified atom stereocenters. The monoisotopic (exact) mass is 309 g/mol. The first-order chi connectivity index (χ1) is 11.2. The molecule has 0 aliphatic carbocycles. The third-order valence-corrected chi connectivity index (χ3v) is 4.13. The predicted molar refractivity (Wildman–Crippen MR) is 84.2 cm³/mol. The first-order valence-electron chi connectivity index (χ1n) is 7.50. The van der Waals surface area contributed by atoms with E-state index in [4.69, 9.17) is 0 Å². The SMILES string of the molecule is O=C(O)[C@H]1CCCN1c1cc(-c2ccccc2)nc2ncnn12. The van der Waals surface area contributed by atoms with E-state index in [1.54, 1.807) is 4.52 Å². The summed E-state index contributed by atoms with van der Waals surface area (Å²) in [6, 6.07) is 11.1. The van der Waals surface area contributed by atoms with Crippen LogP contribution in [0.15, 0.2) is 42.7 Å². The topological polar surface area (TPSA) is 83.6 Å². The van der Waals surface area contributed by atoms with Crippen molar-refractivity contribution in [1.82, 2.24) is 19.6 Å². The van der Waals surface area contributed by atoms with Crippen LogP contribution < -0.4 is 4.90 Å². The summed E-state index contributed by atoms with van der Waals surface area (Å²) >= 11 is 0. The van der Waals surface area contributed by atoms with Crippen LogP contribution in [-0.4, -0.2) is 43.2 Å². The van der Waals surface area contributed by atoms with Gasteiger partial charge in [-0.1, -0.05) is 30.3 Å². The summed E-state index contributed by atoms with van der Waals surface area (Å²) in [7, 11) is 0. The van der Waals surface area contributed by atoms with Crippen molar-refractivity contribution in [3.05, 3.63) is 42.7 Å². The fourth-order valence-corrected chi connectivity index (χ4v) is 3.06. The van der Waals surface area contributed by atoms with Crippen molar-refractivity contribution in [3.63, 3.8) is 0 Å². The number of aromatic nitrogens is 4. The molecular formula is C16H15N5O2. The van der Waals surface area contributed by atoms with Crippen LogP contribution in [0.2, 0.25) is 0 Å². The maximum atomic E-state index is 11.5. The molecule has 23 heavy (non-hydrogen) atoms. The number of nitrogens with zero attached hydrogens (tertiary/aromatic N) is 5. The van der Waals surface area contributed by atoms with Crippen molar-refractivity contribution in [3.8, 4) is 11.3 Å². The fourth-order valence-electron chi connectivity index (χ4n) is 3.06. The molecule has 2 aromatic heterocycles. The first-order valence-corrected chi connectivity index (χ1v) is 7.50. The van der Waals surface area contributed by atoms with E-state index in [-0.39, 0.29) is 0 Å². The number of benzene rings is 1. The van der Waals surface area contributed by atoms with E-state index in [1.165, 1.54) is 6.33 Å². The van der Waals surface area contributed by atoms with Gasteiger partial charge in [0.2, 0.25) is 0 Å². The van der Waals surface area contributed by atoms with Crippen molar-refractivity contribution in [2.45, 2.75) is 18.9 Å². The summed E-state index contributed by atoms with van der Waals surface area (Å²) in [4.78, 5) is 22.1. The predicted octanol–water partition coefficient (Wildman–Crippen LogP) is 1.84. The minimum Gasteiger partial charge on any atom is -0.480 e. The van der Waals surface area contributed by atoms with Crippen LogP contribution in [0.25, 0.3) is 17.0 Å². The Morgan fingerprint density at radius 1 is 1.26 bits per heavy atom. The molecule has 7 nitrogen and oxygen atoms in total. The van der Waals surface area contributed by atoms with E-state index in [2.05, 4.69) is 15.1 Å². The largest absolute Gasteiger partial charge is 0.480 e. The van der Waals surface area contributed by atoms with Gasteiger partial charge >= 0.3 is 5.97 Å². The van der Waals surface area contributed by atoms with Crippen LogP contribution in [0, 0.1) is 0 Å². The van der Waals surface area contributed by atoms with Crippen molar-refractivity contribution >= 4 is 17.6 Å². The van der Waals surface area contributed by atoms with Gasteiger partial charge in [-0.2, -0.15) is 14.6 Å². The number of carbonyl (C=O) groups is 1. The Labute approximate surface area is 132 Å². The van der Waals surface area contributed by atoms with Gasteiger partial charge in [-0.3, -0.25) is 0 Å². The molecule has 1 N–H and O–H groups in total. The van der Waals surface area contributed by atoms with Crippen molar-refractivity contribution < 1.29 is 9.90 Å². The summed E-state index contributed by atoms with van der Waals surface area (Å²) in [6.45, 7) is 0.685. The summed E-state index contributed by atoms with van der Waals surface area (Å²) in [5, 5.41) is 13.7. The fraction of sp³-hybridized carbons (Fsp3) is 0.250. The van der Waals surface area contributed by atoms with Gasteiger partial charge in [-0.25, -0.2) is 9.78 Å². The van der Waals surface area contributed by atoms with Crippen LogP contribution >= 0.6 is 0 Å². The van der Waals surface area contributed by atoms with E-state index in [9.17, 15) is 9.90 Å². The molecule has 116 valence electrons. The lowest BCUT2D eigenvalue weighted by Crippen LogP contribution is -2.37. The normalized spacial score (nSPS) is 17.7. The summed E-state index contributed by atoms with van der Waals surface area (Å²) in [5.41, 5.74) is 1.72. The molecule has 1 aromatic carbocycles. The minimum absolute atomic E-state index is 0.470. The molecule has 1 fully saturated rings. The van der Waals surface area contributed by atoms with Crippen LogP contribution in [0.4, 0.5) is 5.82 Å². The molecule has 3 heterocycles. The molecule has 0 saturated carbocycles. The molecular weight excluding hydrogens is 294 g/mol.